The van der Waals surface area contributed by atoms with Crippen molar-refractivity contribution in [1.29, 1.82) is 0 Å². The van der Waals surface area contributed by atoms with Crippen LogP contribution in [0.25, 0.3) is 6.08 Å². The van der Waals surface area contributed by atoms with Gasteiger partial charge in [-0.3, -0.25) is 0 Å². The standard InChI is InChI=1S/C13H18O/c1-11-7-5-6-8-12(11)9-10-13(2,3)14-4/h5-10H,1-4H3/b10-9-/i1D. The quantitative estimate of drug-likeness (QED) is 0.711. The van der Waals surface area contributed by atoms with Gasteiger partial charge in [0, 0.05) is 8.48 Å². The molecule has 76 valence electrons. The summed E-state index contributed by atoms with van der Waals surface area (Å²) in [6, 6.07) is 7.94. The van der Waals surface area contributed by atoms with Crippen molar-refractivity contribution >= 4 is 6.08 Å². The number of benzene rings is 1. The average molecular weight is 191 g/mol. The van der Waals surface area contributed by atoms with Crippen LogP contribution in [0.1, 0.15) is 26.3 Å². The molecule has 1 aromatic carbocycles. The monoisotopic (exact) mass is 191 g/mol. The molecule has 0 saturated heterocycles. The molecule has 1 rings (SSSR count). The highest BCUT2D eigenvalue weighted by Crippen LogP contribution is 2.14. The van der Waals surface area contributed by atoms with E-state index in [1.165, 1.54) is 0 Å². The minimum Gasteiger partial charge on any atom is -0.375 e. The first-order valence-corrected chi connectivity index (χ1v) is 4.70. The molecule has 0 aromatic heterocycles. The predicted octanol–water partition coefficient (Wildman–Crippen LogP) is 3.43. The van der Waals surface area contributed by atoms with Crippen LogP contribution < -0.4 is 0 Å². The largest absolute Gasteiger partial charge is 0.375 e. The Morgan fingerprint density at radius 1 is 1.36 bits per heavy atom. The van der Waals surface area contributed by atoms with Crippen molar-refractivity contribution in [3.63, 3.8) is 0 Å². The Hall–Kier alpha value is -1.08. The van der Waals surface area contributed by atoms with Gasteiger partial charge in [0.05, 0.1) is 5.60 Å². The zero-order valence-electron chi connectivity index (χ0n) is 10.1. The number of ether oxygens (including phenoxy) is 1. The van der Waals surface area contributed by atoms with Crippen LogP contribution in [0.4, 0.5) is 0 Å². The molecule has 0 bridgehead atoms. The van der Waals surface area contributed by atoms with Crippen LogP contribution >= 0.6 is 0 Å². The summed E-state index contributed by atoms with van der Waals surface area (Å²) in [5, 5.41) is 0. The maximum absolute atomic E-state index is 7.40. The third-order valence-electron chi connectivity index (χ3n) is 2.25. The van der Waals surface area contributed by atoms with Crippen LogP contribution in [-0.2, 0) is 4.74 Å². The molecule has 1 nitrogen and oxygen atoms in total. The van der Waals surface area contributed by atoms with Crippen LogP contribution in [0.15, 0.2) is 30.3 Å². The van der Waals surface area contributed by atoms with Crippen molar-refractivity contribution in [2.24, 2.45) is 0 Å². The third-order valence-corrected chi connectivity index (χ3v) is 2.25. The third kappa shape index (κ3) is 3.00. The Morgan fingerprint density at radius 3 is 2.71 bits per heavy atom. The summed E-state index contributed by atoms with van der Waals surface area (Å²) in [4.78, 5) is 0. The molecule has 0 aliphatic rings. The van der Waals surface area contributed by atoms with E-state index in [1.54, 1.807) is 7.11 Å². The maximum Gasteiger partial charge on any atom is 0.0805 e. The van der Waals surface area contributed by atoms with Gasteiger partial charge in [-0.15, -0.1) is 0 Å². The minimum atomic E-state index is -0.255. The van der Waals surface area contributed by atoms with E-state index in [-0.39, 0.29) is 5.60 Å². The molecular formula is C13H18O. The predicted molar refractivity (Wildman–Crippen MR) is 61.3 cm³/mol. The molecule has 0 amide bonds. The van der Waals surface area contributed by atoms with Gasteiger partial charge in [-0.1, -0.05) is 36.4 Å². The molecule has 1 heteroatoms. The van der Waals surface area contributed by atoms with E-state index in [4.69, 9.17) is 6.11 Å². The van der Waals surface area contributed by atoms with Gasteiger partial charge in [0.1, 0.15) is 0 Å². The fourth-order valence-corrected chi connectivity index (χ4v) is 1.06. The smallest absolute Gasteiger partial charge is 0.0805 e. The Morgan fingerprint density at radius 2 is 2.07 bits per heavy atom. The average Bonchev–Trinajstić information content (AvgIpc) is 2.27. The molecular weight excluding hydrogens is 172 g/mol. The highest BCUT2D eigenvalue weighted by molar-refractivity contribution is 5.54. The van der Waals surface area contributed by atoms with Crippen LogP contribution in [0.3, 0.4) is 0 Å². The van der Waals surface area contributed by atoms with Crippen LogP contribution in [0.2, 0.25) is 0 Å². The lowest BCUT2D eigenvalue weighted by Crippen LogP contribution is -2.18. The molecule has 0 spiro atoms. The van der Waals surface area contributed by atoms with Gasteiger partial charge in [-0.25, -0.2) is 0 Å². The second-order valence-electron chi connectivity index (χ2n) is 3.84. The molecule has 0 saturated carbocycles. The van der Waals surface area contributed by atoms with E-state index in [0.29, 0.717) is 6.90 Å². The Balaban J connectivity index is 2.89. The highest BCUT2D eigenvalue weighted by Gasteiger charge is 2.10. The van der Waals surface area contributed by atoms with Crippen molar-refractivity contribution in [3.05, 3.63) is 41.5 Å². The zero-order chi connectivity index (χ0) is 11.3. The Kier molecular flexibility index (Phi) is 3.00. The van der Waals surface area contributed by atoms with Gasteiger partial charge >= 0.3 is 0 Å². The normalized spacial score (nSPS) is 13.2. The van der Waals surface area contributed by atoms with E-state index in [2.05, 4.69) is 0 Å². The fourth-order valence-electron chi connectivity index (χ4n) is 1.06. The fraction of sp³-hybridized carbons (Fsp3) is 0.385. The van der Waals surface area contributed by atoms with Crippen molar-refractivity contribution in [2.75, 3.05) is 7.11 Å². The molecule has 0 aliphatic carbocycles. The molecule has 0 atom stereocenters. The SMILES string of the molecule is [2H]Cc1ccccc1/C=C\C(C)(C)OC. The first-order valence-electron chi connectivity index (χ1n) is 5.41. The van der Waals surface area contributed by atoms with Gasteiger partial charge in [0.15, 0.2) is 0 Å². The summed E-state index contributed by atoms with van der Waals surface area (Å²) >= 11 is 0. The van der Waals surface area contributed by atoms with Crippen LogP contribution in [0.5, 0.6) is 0 Å². The molecule has 0 unspecified atom stereocenters. The molecule has 1 aromatic rings. The maximum atomic E-state index is 7.40. The van der Waals surface area contributed by atoms with Gasteiger partial charge < -0.3 is 4.74 Å². The van der Waals surface area contributed by atoms with E-state index in [0.717, 1.165) is 11.1 Å². The second-order valence-corrected chi connectivity index (χ2v) is 3.84. The van der Waals surface area contributed by atoms with E-state index in [9.17, 15) is 0 Å². The van der Waals surface area contributed by atoms with E-state index in [1.807, 2.05) is 50.3 Å². The topological polar surface area (TPSA) is 9.23 Å². The molecule has 0 N–H and O–H groups in total. The molecule has 0 heterocycles. The van der Waals surface area contributed by atoms with Crippen molar-refractivity contribution < 1.29 is 6.11 Å². The van der Waals surface area contributed by atoms with Gasteiger partial charge in [-0.05, 0) is 31.9 Å². The lowest BCUT2D eigenvalue weighted by molar-refractivity contribution is 0.0663. The first-order chi connectivity index (χ1) is 7.09. The molecule has 14 heavy (non-hydrogen) atoms. The lowest BCUT2D eigenvalue weighted by Gasteiger charge is -2.17. The van der Waals surface area contributed by atoms with Crippen molar-refractivity contribution in [2.45, 2.75) is 26.3 Å². The molecule has 0 aliphatic heterocycles. The number of aryl methyl sites for hydroxylation is 1. The summed E-state index contributed by atoms with van der Waals surface area (Å²) in [5.41, 5.74) is 1.88. The highest BCUT2D eigenvalue weighted by atomic mass is 16.5. The summed E-state index contributed by atoms with van der Waals surface area (Å²) in [5.74, 6) is 0. The van der Waals surface area contributed by atoms with E-state index >= 15 is 0 Å². The second kappa shape index (κ2) is 4.43. The minimum absolute atomic E-state index is 0.255. The number of hydrogen-bond donors (Lipinski definition) is 0. The summed E-state index contributed by atoms with van der Waals surface area (Å²) in [6.45, 7) is 4.33. The number of hydrogen-bond acceptors (Lipinski definition) is 1. The Labute approximate surface area is 87.8 Å². The summed E-state index contributed by atoms with van der Waals surface area (Å²) in [6.07, 6.45) is 4.04. The van der Waals surface area contributed by atoms with Gasteiger partial charge in [0.2, 0.25) is 0 Å². The first kappa shape index (κ1) is 9.47. The number of rotatable bonds is 3. The van der Waals surface area contributed by atoms with Crippen LogP contribution in [-0.4, -0.2) is 12.7 Å². The molecule has 0 radical (unpaired) electrons. The van der Waals surface area contributed by atoms with Crippen molar-refractivity contribution in [1.82, 2.24) is 0 Å². The Bertz CT molecular complexity index is 342. The van der Waals surface area contributed by atoms with Crippen molar-refractivity contribution in [3.8, 4) is 0 Å². The molecule has 0 fully saturated rings. The lowest BCUT2D eigenvalue weighted by atomic mass is 10.0. The van der Waals surface area contributed by atoms with Gasteiger partial charge in [0.25, 0.3) is 0 Å². The van der Waals surface area contributed by atoms with Crippen LogP contribution in [0, 0.1) is 6.90 Å². The van der Waals surface area contributed by atoms with E-state index < -0.39 is 0 Å². The summed E-state index contributed by atoms with van der Waals surface area (Å²) < 4.78 is 12.7. The van der Waals surface area contributed by atoms with Gasteiger partial charge in [-0.2, -0.15) is 0 Å². The zero-order valence-corrected chi connectivity index (χ0v) is 9.08. The summed E-state index contributed by atoms with van der Waals surface area (Å²) in [7, 11) is 1.70. The number of methoxy groups -OCH3 is 1.